The van der Waals surface area contributed by atoms with E-state index in [1.807, 2.05) is 0 Å². The minimum Gasteiger partial charge on any atom is -0.481 e. The molecule has 0 aliphatic carbocycles. The van der Waals surface area contributed by atoms with E-state index >= 15 is 0 Å². The molecular weight excluding hydrogens is 188 g/mol. The summed E-state index contributed by atoms with van der Waals surface area (Å²) in [4.78, 5) is 19.8. The summed E-state index contributed by atoms with van der Waals surface area (Å²) in [6.45, 7) is 1.62. The number of carbonyl (C=O) groups excluding carboxylic acids is 1. The number of aldehydes is 1. The Kier molecular flexibility index (Phi) is 3.46. The molecule has 0 aromatic heterocycles. The van der Waals surface area contributed by atoms with Crippen LogP contribution >= 0.6 is 15.9 Å². The molecule has 2 unspecified atom stereocenters. The zero-order chi connectivity index (χ0) is 7.44. The van der Waals surface area contributed by atoms with E-state index in [1.165, 1.54) is 0 Å². The van der Waals surface area contributed by atoms with Crippen LogP contribution < -0.4 is 0 Å². The summed E-state index contributed by atoms with van der Waals surface area (Å²) in [7, 11) is 0. The van der Waals surface area contributed by atoms with Crippen molar-refractivity contribution in [2.45, 2.75) is 11.8 Å². The molecule has 0 spiro atoms. The average Bonchev–Trinajstić information content (AvgIpc) is 1.64. The number of hydrogen-bond donors (Lipinski definition) is 1. The summed E-state index contributed by atoms with van der Waals surface area (Å²) < 4.78 is 0. The zero-order valence-corrected chi connectivity index (χ0v) is 6.46. The number of carbonyl (C=O) groups is 2. The van der Waals surface area contributed by atoms with Crippen LogP contribution in [0.25, 0.3) is 0 Å². The lowest BCUT2D eigenvalue weighted by molar-refractivity contribution is -0.143. The van der Waals surface area contributed by atoms with Gasteiger partial charge in [-0.1, -0.05) is 22.9 Å². The first-order chi connectivity index (χ1) is 4.09. The van der Waals surface area contributed by atoms with Gasteiger partial charge in [-0.15, -0.1) is 0 Å². The van der Waals surface area contributed by atoms with Crippen LogP contribution in [-0.2, 0) is 9.59 Å². The molecule has 0 amide bonds. The molecule has 3 nitrogen and oxygen atoms in total. The van der Waals surface area contributed by atoms with Crippen molar-refractivity contribution in [1.82, 2.24) is 0 Å². The molecule has 2 atom stereocenters. The van der Waals surface area contributed by atoms with Gasteiger partial charge in [-0.2, -0.15) is 0 Å². The minimum absolute atomic E-state index is 0.299. The first-order valence-electron chi connectivity index (χ1n) is 2.41. The van der Waals surface area contributed by atoms with Crippen LogP contribution in [0.15, 0.2) is 0 Å². The molecule has 0 saturated heterocycles. The molecule has 0 radical (unpaired) electrons. The van der Waals surface area contributed by atoms with E-state index in [-0.39, 0.29) is 4.83 Å². The zero-order valence-electron chi connectivity index (χ0n) is 4.87. The van der Waals surface area contributed by atoms with Gasteiger partial charge >= 0.3 is 5.97 Å². The molecule has 52 valence electrons. The summed E-state index contributed by atoms with van der Waals surface area (Å²) in [5, 5.41) is 8.28. The quantitative estimate of drug-likeness (QED) is 0.409. The van der Waals surface area contributed by atoms with Crippen molar-refractivity contribution in [2.24, 2.45) is 5.92 Å². The van der Waals surface area contributed by atoms with Gasteiger partial charge in [0.15, 0.2) is 0 Å². The molecular formula is C5H7BrO3. The highest BCUT2D eigenvalue weighted by atomic mass is 79.9. The van der Waals surface area contributed by atoms with Gasteiger partial charge in [0.1, 0.15) is 12.2 Å². The maximum absolute atomic E-state index is 10.1. The predicted molar refractivity (Wildman–Crippen MR) is 35.6 cm³/mol. The number of aliphatic carboxylic acids is 1. The van der Waals surface area contributed by atoms with E-state index in [1.54, 1.807) is 6.92 Å². The van der Waals surface area contributed by atoms with Crippen molar-refractivity contribution in [3.8, 4) is 0 Å². The largest absolute Gasteiger partial charge is 0.481 e. The van der Waals surface area contributed by atoms with E-state index < -0.39 is 11.9 Å². The molecule has 0 bridgehead atoms. The number of hydrogen-bond acceptors (Lipinski definition) is 2. The standard InChI is InChI=1S/C5H7BrO3/c1-3(6)4(2-7)5(8)9/h2-4H,1H3,(H,8,9). The third kappa shape index (κ3) is 2.60. The molecule has 0 rings (SSSR count). The van der Waals surface area contributed by atoms with Crippen LogP contribution in [0, 0.1) is 5.92 Å². The summed E-state index contributed by atoms with van der Waals surface area (Å²) >= 11 is 2.99. The molecule has 0 aromatic carbocycles. The first kappa shape index (κ1) is 8.62. The third-order valence-corrected chi connectivity index (χ3v) is 1.50. The second-order valence-corrected chi connectivity index (χ2v) is 3.12. The highest BCUT2D eigenvalue weighted by Crippen LogP contribution is 2.09. The number of halogens is 1. The Morgan fingerprint density at radius 1 is 1.78 bits per heavy atom. The van der Waals surface area contributed by atoms with Crippen molar-refractivity contribution in [2.75, 3.05) is 0 Å². The number of rotatable bonds is 3. The van der Waals surface area contributed by atoms with Gasteiger partial charge < -0.3 is 9.90 Å². The van der Waals surface area contributed by atoms with E-state index in [0.29, 0.717) is 6.29 Å². The van der Waals surface area contributed by atoms with Gasteiger partial charge in [-0.05, 0) is 0 Å². The Bertz CT molecular complexity index is 121. The smallest absolute Gasteiger partial charge is 0.314 e. The fourth-order valence-electron chi connectivity index (χ4n) is 0.363. The van der Waals surface area contributed by atoms with Crippen molar-refractivity contribution >= 4 is 28.2 Å². The number of carboxylic acid groups (broad SMARTS) is 1. The van der Waals surface area contributed by atoms with E-state index in [0.717, 1.165) is 0 Å². The molecule has 0 fully saturated rings. The van der Waals surface area contributed by atoms with Gasteiger partial charge in [-0.3, -0.25) is 4.79 Å². The fourth-order valence-corrected chi connectivity index (χ4v) is 0.714. The lowest BCUT2D eigenvalue weighted by atomic mass is 10.1. The maximum Gasteiger partial charge on any atom is 0.314 e. The second kappa shape index (κ2) is 3.61. The normalized spacial score (nSPS) is 16.2. The molecule has 4 heteroatoms. The Morgan fingerprint density at radius 2 is 2.22 bits per heavy atom. The topological polar surface area (TPSA) is 54.4 Å². The van der Waals surface area contributed by atoms with Crippen molar-refractivity contribution in [1.29, 1.82) is 0 Å². The highest BCUT2D eigenvalue weighted by molar-refractivity contribution is 9.09. The SMILES string of the molecule is CC(Br)C(C=O)C(=O)O. The monoisotopic (exact) mass is 194 g/mol. The second-order valence-electron chi connectivity index (χ2n) is 1.68. The number of carboxylic acids is 1. The van der Waals surface area contributed by atoms with Gasteiger partial charge in [-0.25, -0.2) is 0 Å². The van der Waals surface area contributed by atoms with Gasteiger partial charge in [0.2, 0.25) is 0 Å². The fraction of sp³-hybridized carbons (Fsp3) is 0.600. The lowest BCUT2D eigenvalue weighted by Crippen LogP contribution is -2.22. The Hall–Kier alpha value is -0.380. The third-order valence-electron chi connectivity index (χ3n) is 0.927. The molecule has 0 aliphatic rings. The van der Waals surface area contributed by atoms with E-state index in [4.69, 9.17) is 5.11 Å². The van der Waals surface area contributed by atoms with Crippen molar-refractivity contribution in [3.63, 3.8) is 0 Å². The average molecular weight is 195 g/mol. The summed E-state index contributed by atoms with van der Waals surface area (Å²) in [5.74, 6) is -2.01. The van der Waals surface area contributed by atoms with Crippen molar-refractivity contribution in [3.05, 3.63) is 0 Å². The maximum atomic E-state index is 10.1. The Labute approximate surface area is 61.2 Å². The molecule has 0 aliphatic heterocycles. The van der Waals surface area contributed by atoms with Gasteiger partial charge in [0.05, 0.1) is 0 Å². The van der Waals surface area contributed by atoms with Crippen LogP contribution in [0.2, 0.25) is 0 Å². The molecule has 0 aromatic rings. The van der Waals surface area contributed by atoms with Crippen molar-refractivity contribution < 1.29 is 14.7 Å². The Balaban J connectivity index is 3.98. The van der Waals surface area contributed by atoms with Crippen LogP contribution in [0.1, 0.15) is 6.92 Å². The molecule has 0 saturated carbocycles. The molecule has 1 N–H and O–H groups in total. The summed E-state index contributed by atoms with van der Waals surface area (Å²) in [6, 6.07) is 0. The Morgan fingerprint density at radius 3 is 2.22 bits per heavy atom. The predicted octanol–water partition coefficient (Wildman–Crippen LogP) is 0.669. The van der Waals surface area contributed by atoms with Crippen LogP contribution in [0.4, 0.5) is 0 Å². The minimum atomic E-state index is -1.09. The van der Waals surface area contributed by atoms with Crippen LogP contribution in [0.5, 0.6) is 0 Å². The summed E-state index contributed by atoms with van der Waals surface area (Å²) in [5.41, 5.74) is 0. The van der Waals surface area contributed by atoms with E-state index in [2.05, 4.69) is 15.9 Å². The summed E-state index contributed by atoms with van der Waals surface area (Å²) in [6.07, 6.45) is 0.418. The van der Waals surface area contributed by atoms with Gasteiger partial charge in [0.25, 0.3) is 0 Å². The highest BCUT2D eigenvalue weighted by Gasteiger charge is 2.20. The lowest BCUT2D eigenvalue weighted by Gasteiger charge is -2.04. The van der Waals surface area contributed by atoms with Gasteiger partial charge in [0, 0.05) is 4.83 Å². The number of alkyl halides is 1. The molecule has 9 heavy (non-hydrogen) atoms. The molecule has 0 heterocycles. The first-order valence-corrected chi connectivity index (χ1v) is 3.33. The van der Waals surface area contributed by atoms with Crippen LogP contribution in [0.3, 0.4) is 0 Å². The van der Waals surface area contributed by atoms with Crippen LogP contribution in [-0.4, -0.2) is 22.2 Å². The van der Waals surface area contributed by atoms with E-state index in [9.17, 15) is 9.59 Å².